The van der Waals surface area contributed by atoms with E-state index in [0.29, 0.717) is 39.2 Å². The molecule has 1 saturated carbocycles. The Kier molecular flexibility index (Phi) is 5.59. The molecule has 9 heteroatoms. The zero-order valence-electron chi connectivity index (χ0n) is 17.3. The van der Waals surface area contributed by atoms with Crippen LogP contribution in [-0.4, -0.2) is 21.8 Å². The fourth-order valence-electron chi connectivity index (χ4n) is 3.15. The molecule has 4 aromatic rings. The first-order chi connectivity index (χ1) is 15.5. The number of aryl methyl sites for hydroxylation is 1. The molecule has 2 amide bonds. The third kappa shape index (κ3) is 4.79. The van der Waals surface area contributed by atoms with Crippen molar-refractivity contribution >= 4 is 55.7 Å². The SMILES string of the molecule is Cc1ccc(NC(=O)Cc2ccsc2)cc1Oc1ccc2nc(NC(=O)C3CC3)sc2n1. The Balaban J connectivity index is 1.29. The minimum absolute atomic E-state index is 0.0222. The monoisotopic (exact) mass is 464 g/mol. The Morgan fingerprint density at radius 2 is 2.00 bits per heavy atom. The summed E-state index contributed by atoms with van der Waals surface area (Å²) in [6.45, 7) is 1.93. The highest BCUT2D eigenvalue weighted by Crippen LogP contribution is 2.33. The van der Waals surface area contributed by atoms with Gasteiger partial charge in [-0.15, -0.1) is 0 Å². The zero-order chi connectivity index (χ0) is 22.1. The maximum atomic E-state index is 12.3. The Morgan fingerprint density at radius 3 is 2.78 bits per heavy atom. The van der Waals surface area contributed by atoms with Crippen LogP contribution in [0.2, 0.25) is 0 Å². The van der Waals surface area contributed by atoms with Gasteiger partial charge >= 0.3 is 0 Å². The van der Waals surface area contributed by atoms with Gasteiger partial charge in [-0.1, -0.05) is 17.4 Å². The molecule has 0 unspecified atom stereocenters. The van der Waals surface area contributed by atoms with Crippen molar-refractivity contribution in [3.8, 4) is 11.6 Å². The maximum Gasteiger partial charge on any atom is 0.229 e. The Morgan fingerprint density at radius 1 is 1.12 bits per heavy atom. The molecule has 0 bridgehead atoms. The lowest BCUT2D eigenvalue weighted by atomic mass is 10.2. The zero-order valence-corrected chi connectivity index (χ0v) is 18.9. The highest BCUT2D eigenvalue weighted by atomic mass is 32.1. The lowest BCUT2D eigenvalue weighted by molar-refractivity contribution is -0.117. The largest absolute Gasteiger partial charge is 0.439 e. The van der Waals surface area contributed by atoms with Crippen LogP contribution in [0.3, 0.4) is 0 Å². The van der Waals surface area contributed by atoms with Gasteiger partial charge in [-0.25, -0.2) is 9.97 Å². The van der Waals surface area contributed by atoms with Crippen molar-refractivity contribution in [1.29, 1.82) is 0 Å². The number of hydrogen-bond donors (Lipinski definition) is 2. The second-order valence-electron chi connectivity index (χ2n) is 7.70. The molecule has 3 heterocycles. The van der Waals surface area contributed by atoms with Crippen LogP contribution in [-0.2, 0) is 16.0 Å². The molecule has 0 saturated heterocycles. The second kappa shape index (κ2) is 8.68. The number of carbonyl (C=O) groups excluding carboxylic acids is 2. The van der Waals surface area contributed by atoms with E-state index in [1.807, 2.05) is 41.9 Å². The lowest BCUT2D eigenvalue weighted by Gasteiger charge is -2.11. The highest BCUT2D eigenvalue weighted by molar-refractivity contribution is 7.22. The average molecular weight is 465 g/mol. The van der Waals surface area contributed by atoms with Gasteiger partial charge in [0.2, 0.25) is 17.7 Å². The molecule has 32 heavy (non-hydrogen) atoms. The van der Waals surface area contributed by atoms with E-state index in [9.17, 15) is 9.59 Å². The first-order valence-corrected chi connectivity index (χ1v) is 12.0. The van der Waals surface area contributed by atoms with E-state index >= 15 is 0 Å². The van der Waals surface area contributed by atoms with E-state index < -0.39 is 0 Å². The molecule has 0 spiro atoms. The molecular weight excluding hydrogens is 444 g/mol. The fourth-order valence-corrected chi connectivity index (χ4v) is 4.65. The van der Waals surface area contributed by atoms with Gasteiger partial charge in [-0.05, 0) is 59.9 Å². The average Bonchev–Trinajstić information content (AvgIpc) is 3.36. The first kappa shape index (κ1) is 20.6. The van der Waals surface area contributed by atoms with Gasteiger partial charge in [0.15, 0.2) is 5.13 Å². The van der Waals surface area contributed by atoms with Crippen LogP contribution < -0.4 is 15.4 Å². The lowest BCUT2D eigenvalue weighted by Crippen LogP contribution is -2.14. The molecule has 1 aliphatic carbocycles. The predicted octanol–water partition coefficient (Wildman–Crippen LogP) is 5.38. The Bertz CT molecular complexity index is 1300. The van der Waals surface area contributed by atoms with Crippen molar-refractivity contribution in [1.82, 2.24) is 9.97 Å². The summed E-state index contributed by atoms with van der Waals surface area (Å²) in [6.07, 6.45) is 2.22. The third-order valence-corrected chi connectivity index (χ3v) is 6.65. The van der Waals surface area contributed by atoms with Crippen LogP contribution in [0.25, 0.3) is 10.3 Å². The van der Waals surface area contributed by atoms with Crippen molar-refractivity contribution in [3.63, 3.8) is 0 Å². The molecule has 1 fully saturated rings. The number of amides is 2. The molecule has 0 atom stereocenters. The summed E-state index contributed by atoms with van der Waals surface area (Å²) in [5.41, 5.74) is 3.28. The van der Waals surface area contributed by atoms with E-state index in [0.717, 1.165) is 24.0 Å². The molecule has 162 valence electrons. The van der Waals surface area contributed by atoms with Gasteiger partial charge in [-0.2, -0.15) is 11.3 Å². The summed E-state index contributed by atoms with van der Waals surface area (Å²) in [4.78, 5) is 33.9. The quantitative estimate of drug-likeness (QED) is 0.383. The molecule has 0 radical (unpaired) electrons. The fraction of sp³-hybridized carbons (Fsp3) is 0.217. The second-order valence-corrected chi connectivity index (χ2v) is 9.45. The van der Waals surface area contributed by atoms with Gasteiger partial charge in [0.1, 0.15) is 16.1 Å². The van der Waals surface area contributed by atoms with Gasteiger partial charge in [0.05, 0.1) is 6.42 Å². The van der Waals surface area contributed by atoms with Crippen LogP contribution in [0.4, 0.5) is 10.8 Å². The van der Waals surface area contributed by atoms with E-state index in [1.54, 1.807) is 23.5 Å². The molecule has 7 nitrogen and oxygen atoms in total. The summed E-state index contributed by atoms with van der Waals surface area (Å²) < 4.78 is 6.01. The third-order valence-electron chi connectivity index (χ3n) is 5.04. The van der Waals surface area contributed by atoms with Crippen LogP contribution in [0, 0.1) is 12.8 Å². The topological polar surface area (TPSA) is 93.2 Å². The van der Waals surface area contributed by atoms with Crippen LogP contribution >= 0.6 is 22.7 Å². The number of aromatic nitrogens is 2. The maximum absolute atomic E-state index is 12.3. The number of thiophene rings is 1. The summed E-state index contributed by atoms with van der Waals surface area (Å²) in [5, 5.41) is 10.2. The Labute approximate surface area is 192 Å². The Hall–Kier alpha value is -3.30. The van der Waals surface area contributed by atoms with Crippen molar-refractivity contribution in [2.75, 3.05) is 10.6 Å². The van der Waals surface area contributed by atoms with Crippen molar-refractivity contribution in [2.45, 2.75) is 26.2 Å². The van der Waals surface area contributed by atoms with Gasteiger partial charge < -0.3 is 15.4 Å². The molecule has 3 aromatic heterocycles. The number of thiazole rings is 1. The van der Waals surface area contributed by atoms with Crippen LogP contribution in [0.15, 0.2) is 47.2 Å². The minimum atomic E-state index is -0.0804. The number of anilines is 2. The van der Waals surface area contributed by atoms with E-state index in [1.165, 1.54) is 11.3 Å². The molecule has 1 aromatic carbocycles. The molecule has 1 aliphatic rings. The predicted molar refractivity (Wildman–Crippen MR) is 127 cm³/mol. The van der Waals surface area contributed by atoms with Crippen molar-refractivity contribution in [3.05, 3.63) is 58.3 Å². The molecule has 0 aliphatic heterocycles. The van der Waals surface area contributed by atoms with Crippen molar-refractivity contribution < 1.29 is 14.3 Å². The number of hydrogen-bond acceptors (Lipinski definition) is 7. The number of pyridine rings is 1. The van der Waals surface area contributed by atoms with Gasteiger partial charge in [0.25, 0.3) is 0 Å². The van der Waals surface area contributed by atoms with Crippen molar-refractivity contribution in [2.24, 2.45) is 5.92 Å². The minimum Gasteiger partial charge on any atom is -0.439 e. The first-order valence-electron chi connectivity index (χ1n) is 10.2. The summed E-state index contributed by atoms with van der Waals surface area (Å²) in [5.74, 6) is 1.09. The number of ether oxygens (including phenoxy) is 1. The molecular formula is C23H20N4O3S2. The summed E-state index contributed by atoms with van der Waals surface area (Å²) in [6, 6.07) is 11.0. The van der Waals surface area contributed by atoms with E-state index in [-0.39, 0.29) is 17.7 Å². The normalized spacial score (nSPS) is 13.2. The number of carbonyl (C=O) groups is 2. The number of benzene rings is 1. The molecule has 5 rings (SSSR count). The number of nitrogens with zero attached hydrogens (tertiary/aromatic N) is 2. The summed E-state index contributed by atoms with van der Waals surface area (Å²) >= 11 is 2.89. The van der Waals surface area contributed by atoms with Crippen LogP contribution in [0.1, 0.15) is 24.0 Å². The highest BCUT2D eigenvalue weighted by Gasteiger charge is 2.30. The molecule has 2 N–H and O–H groups in total. The smallest absolute Gasteiger partial charge is 0.229 e. The van der Waals surface area contributed by atoms with Crippen LogP contribution in [0.5, 0.6) is 11.6 Å². The van der Waals surface area contributed by atoms with Gasteiger partial charge in [0, 0.05) is 23.7 Å². The van der Waals surface area contributed by atoms with Gasteiger partial charge in [-0.3, -0.25) is 9.59 Å². The summed E-state index contributed by atoms with van der Waals surface area (Å²) in [7, 11) is 0. The number of rotatable bonds is 7. The standard InChI is InChI=1S/C23H20N4O3S2/c1-13-2-5-16(24-19(28)10-14-8-9-31-12-14)11-18(13)30-20-7-6-17-22(26-20)32-23(25-17)27-21(29)15-3-4-15/h2,5-9,11-12,15H,3-4,10H2,1H3,(H,24,28)(H,25,27,29). The number of fused-ring (bicyclic) bond motifs is 1. The van der Waals surface area contributed by atoms with E-state index in [2.05, 4.69) is 20.6 Å². The van der Waals surface area contributed by atoms with E-state index in [4.69, 9.17) is 4.74 Å². The number of nitrogens with one attached hydrogen (secondary N) is 2.